The van der Waals surface area contributed by atoms with Gasteiger partial charge in [0, 0.05) is 12.1 Å². The molecule has 112 valence electrons. The minimum atomic E-state index is -2.16. The minimum absolute atomic E-state index is 0.0620. The van der Waals surface area contributed by atoms with Crippen molar-refractivity contribution in [1.82, 2.24) is 0 Å². The molecule has 1 saturated carbocycles. The zero-order valence-electron chi connectivity index (χ0n) is 10.7. The lowest BCUT2D eigenvalue weighted by atomic mass is 9.81. The fourth-order valence-electron chi connectivity index (χ4n) is 2.59. The summed E-state index contributed by atoms with van der Waals surface area (Å²) in [5, 5.41) is 2.47. The van der Waals surface area contributed by atoms with Crippen molar-refractivity contribution in [2.24, 2.45) is 5.73 Å². The van der Waals surface area contributed by atoms with Gasteiger partial charge in [-0.3, -0.25) is 0 Å². The van der Waals surface area contributed by atoms with Crippen molar-refractivity contribution in [3.8, 4) is 0 Å². The molecule has 0 radical (unpaired) electrons. The van der Waals surface area contributed by atoms with Gasteiger partial charge in [0.05, 0.1) is 0 Å². The number of benzene rings is 1. The van der Waals surface area contributed by atoms with E-state index in [0.717, 1.165) is 19.3 Å². The van der Waals surface area contributed by atoms with E-state index < -0.39 is 40.3 Å². The number of anilines is 1. The predicted octanol–water partition coefficient (Wildman–Crippen LogP) is 3.46. The summed E-state index contributed by atoms with van der Waals surface area (Å²) in [7, 11) is 0. The molecule has 0 saturated heterocycles. The number of rotatable bonds is 3. The molecule has 1 aliphatic carbocycles. The van der Waals surface area contributed by atoms with Gasteiger partial charge in [-0.15, -0.1) is 0 Å². The zero-order chi connectivity index (χ0) is 14.9. The zero-order valence-corrected chi connectivity index (χ0v) is 10.7. The molecule has 0 amide bonds. The second-order valence-electron chi connectivity index (χ2n) is 5.12. The SMILES string of the molecule is NCC1(Nc2c(F)c(F)c(F)c(F)c2F)CCCCC1. The molecule has 1 fully saturated rings. The Morgan fingerprint density at radius 1 is 0.800 bits per heavy atom. The largest absolute Gasteiger partial charge is 0.373 e. The van der Waals surface area contributed by atoms with Crippen molar-refractivity contribution < 1.29 is 22.0 Å². The molecule has 0 spiro atoms. The standard InChI is InChI=1S/C13H15F5N2/c14-7-8(15)10(17)12(11(18)9(7)16)20-13(6-19)4-2-1-3-5-13/h20H,1-6,19H2. The summed E-state index contributed by atoms with van der Waals surface area (Å²) in [4.78, 5) is 0. The van der Waals surface area contributed by atoms with Crippen molar-refractivity contribution in [1.29, 1.82) is 0 Å². The van der Waals surface area contributed by atoms with Gasteiger partial charge in [-0.2, -0.15) is 0 Å². The maximum Gasteiger partial charge on any atom is 0.200 e. The first-order chi connectivity index (χ1) is 9.42. The van der Waals surface area contributed by atoms with Gasteiger partial charge in [-0.25, -0.2) is 22.0 Å². The first-order valence-electron chi connectivity index (χ1n) is 6.41. The third-order valence-electron chi connectivity index (χ3n) is 3.80. The van der Waals surface area contributed by atoms with Crippen LogP contribution >= 0.6 is 0 Å². The summed E-state index contributed by atoms with van der Waals surface area (Å²) in [6.45, 7) is 0.0620. The molecule has 1 aromatic rings. The van der Waals surface area contributed by atoms with Crippen LogP contribution in [-0.4, -0.2) is 12.1 Å². The van der Waals surface area contributed by atoms with Crippen LogP contribution in [0.25, 0.3) is 0 Å². The average molecular weight is 294 g/mol. The molecule has 1 aromatic carbocycles. The number of hydrogen-bond donors (Lipinski definition) is 2. The van der Waals surface area contributed by atoms with Crippen LogP contribution < -0.4 is 11.1 Å². The van der Waals surface area contributed by atoms with Crippen LogP contribution in [0.3, 0.4) is 0 Å². The van der Waals surface area contributed by atoms with Crippen LogP contribution in [0, 0.1) is 29.1 Å². The fraction of sp³-hybridized carbons (Fsp3) is 0.538. The quantitative estimate of drug-likeness (QED) is 0.509. The molecule has 3 N–H and O–H groups in total. The molecule has 0 heterocycles. The summed E-state index contributed by atoms with van der Waals surface area (Å²) < 4.78 is 66.6. The Balaban J connectivity index is 2.42. The second-order valence-corrected chi connectivity index (χ2v) is 5.12. The first-order valence-corrected chi connectivity index (χ1v) is 6.41. The summed E-state index contributed by atoms with van der Waals surface area (Å²) in [6, 6.07) is 0. The van der Waals surface area contributed by atoms with Crippen LogP contribution in [0.2, 0.25) is 0 Å². The van der Waals surface area contributed by atoms with E-state index in [1.165, 1.54) is 0 Å². The third kappa shape index (κ3) is 2.46. The van der Waals surface area contributed by atoms with E-state index >= 15 is 0 Å². The molecule has 20 heavy (non-hydrogen) atoms. The van der Waals surface area contributed by atoms with Gasteiger partial charge < -0.3 is 11.1 Å². The molecule has 1 aliphatic rings. The summed E-state index contributed by atoms with van der Waals surface area (Å²) in [6.07, 6.45) is 3.60. The summed E-state index contributed by atoms with van der Waals surface area (Å²) >= 11 is 0. The summed E-state index contributed by atoms with van der Waals surface area (Å²) in [5.74, 6) is -9.75. The van der Waals surface area contributed by atoms with Gasteiger partial charge in [-0.05, 0) is 12.8 Å². The highest BCUT2D eigenvalue weighted by molar-refractivity contribution is 5.50. The highest BCUT2D eigenvalue weighted by Crippen LogP contribution is 2.35. The van der Waals surface area contributed by atoms with E-state index in [4.69, 9.17) is 5.73 Å². The van der Waals surface area contributed by atoms with Crippen molar-refractivity contribution in [3.63, 3.8) is 0 Å². The topological polar surface area (TPSA) is 38.0 Å². The number of nitrogens with two attached hydrogens (primary N) is 1. The smallest absolute Gasteiger partial charge is 0.200 e. The van der Waals surface area contributed by atoms with Crippen molar-refractivity contribution in [2.45, 2.75) is 37.6 Å². The molecule has 0 bridgehead atoms. The van der Waals surface area contributed by atoms with Gasteiger partial charge in [0.15, 0.2) is 23.3 Å². The lowest BCUT2D eigenvalue weighted by Gasteiger charge is -2.38. The monoisotopic (exact) mass is 294 g/mol. The molecule has 0 aromatic heterocycles. The molecular weight excluding hydrogens is 279 g/mol. The molecule has 0 aliphatic heterocycles. The highest BCUT2D eigenvalue weighted by atomic mass is 19.2. The summed E-state index contributed by atoms with van der Waals surface area (Å²) in [5.41, 5.74) is 3.81. The van der Waals surface area contributed by atoms with E-state index in [1.54, 1.807) is 0 Å². The molecule has 0 atom stereocenters. The maximum absolute atomic E-state index is 13.6. The maximum atomic E-state index is 13.6. The highest BCUT2D eigenvalue weighted by Gasteiger charge is 2.34. The van der Waals surface area contributed by atoms with Crippen molar-refractivity contribution in [2.75, 3.05) is 11.9 Å². The van der Waals surface area contributed by atoms with Gasteiger partial charge in [0.1, 0.15) is 5.69 Å². The molecular formula is C13H15F5N2. The van der Waals surface area contributed by atoms with Gasteiger partial charge in [0.25, 0.3) is 0 Å². The molecule has 0 unspecified atom stereocenters. The molecule has 2 nitrogen and oxygen atoms in total. The number of halogens is 5. The van der Waals surface area contributed by atoms with E-state index in [9.17, 15) is 22.0 Å². The fourth-order valence-corrected chi connectivity index (χ4v) is 2.59. The van der Waals surface area contributed by atoms with Crippen molar-refractivity contribution in [3.05, 3.63) is 29.1 Å². The van der Waals surface area contributed by atoms with E-state index in [-0.39, 0.29) is 6.54 Å². The molecule has 7 heteroatoms. The van der Waals surface area contributed by atoms with Crippen LogP contribution in [0.1, 0.15) is 32.1 Å². The van der Waals surface area contributed by atoms with Gasteiger partial charge in [-0.1, -0.05) is 19.3 Å². The van der Waals surface area contributed by atoms with Crippen LogP contribution in [0.15, 0.2) is 0 Å². The predicted molar refractivity (Wildman–Crippen MR) is 64.7 cm³/mol. The Kier molecular flexibility index (Phi) is 4.17. The second kappa shape index (κ2) is 5.55. The Labute approximate surface area is 113 Å². The number of hydrogen-bond acceptors (Lipinski definition) is 2. The van der Waals surface area contributed by atoms with Crippen LogP contribution in [0.4, 0.5) is 27.6 Å². The van der Waals surface area contributed by atoms with E-state index in [1.807, 2.05) is 0 Å². The van der Waals surface area contributed by atoms with Crippen molar-refractivity contribution >= 4 is 5.69 Å². The normalized spacial score (nSPS) is 18.1. The van der Waals surface area contributed by atoms with Gasteiger partial charge >= 0.3 is 0 Å². The minimum Gasteiger partial charge on any atom is -0.373 e. The molecule has 2 rings (SSSR count). The Morgan fingerprint density at radius 2 is 1.25 bits per heavy atom. The third-order valence-corrected chi connectivity index (χ3v) is 3.80. The Morgan fingerprint density at radius 3 is 1.70 bits per heavy atom. The van der Waals surface area contributed by atoms with E-state index in [2.05, 4.69) is 5.32 Å². The lowest BCUT2D eigenvalue weighted by molar-refractivity contribution is 0.323. The Hall–Kier alpha value is -1.37. The average Bonchev–Trinajstić information content (AvgIpc) is 2.48. The Bertz CT molecular complexity index is 483. The lowest BCUT2D eigenvalue weighted by Crippen LogP contribution is -2.47. The van der Waals surface area contributed by atoms with Crippen LogP contribution in [-0.2, 0) is 0 Å². The van der Waals surface area contributed by atoms with E-state index in [0.29, 0.717) is 12.8 Å². The van der Waals surface area contributed by atoms with Crippen LogP contribution in [0.5, 0.6) is 0 Å². The van der Waals surface area contributed by atoms with Gasteiger partial charge in [0.2, 0.25) is 5.82 Å². The first kappa shape index (κ1) is 15.0. The number of nitrogens with one attached hydrogen (secondary N) is 1.